The highest BCUT2D eigenvalue weighted by Crippen LogP contribution is 2.23. The van der Waals surface area contributed by atoms with Crippen molar-refractivity contribution in [1.82, 2.24) is 0 Å². The highest BCUT2D eigenvalue weighted by atomic mass is 79.9. The van der Waals surface area contributed by atoms with Gasteiger partial charge in [-0.1, -0.05) is 34.1 Å². The number of aliphatic hydroxyl groups excluding tert-OH is 1. The first kappa shape index (κ1) is 13.2. The van der Waals surface area contributed by atoms with Gasteiger partial charge in [0.25, 0.3) is 0 Å². The van der Waals surface area contributed by atoms with Crippen LogP contribution in [0, 0.1) is 12.7 Å². The number of halogens is 2. The van der Waals surface area contributed by atoms with E-state index in [-0.39, 0.29) is 5.82 Å². The summed E-state index contributed by atoms with van der Waals surface area (Å²) in [5, 5.41) is 10.2. The molecule has 0 amide bonds. The molecule has 0 bridgehead atoms. The molecule has 0 saturated carbocycles. The first-order valence-electron chi connectivity index (χ1n) is 5.75. The molecule has 2 aromatic rings. The minimum absolute atomic E-state index is 0.316. The van der Waals surface area contributed by atoms with Crippen LogP contribution in [-0.4, -0.2) is 5.11 Å². The number of hydrogen-bond acceptors (Lipinski definition) is 1. The summed E-state index contributed by atoms with van der Waals surface area (Å²) in [6.07, 6.45) is -0.209. The van der Waals surface area contributed by atoms with E-state index in [4.69, 9.17) is 0 Å². The Kier molecular flexibility index (Phi) is 4.15. The van der Waals surface area contributed by atoms with E-state index in [1.165, 1.54) is 12.1 Å². The Balaban J connectivity index is 2.21. The van der Waals surface area contributed by atoms with Gasteiger partial charge in [-0.05, 0) is 47.9 Å². The van der Waals surface area contributed by atoms with Gasteiger partial charge < -0.3 is 5.11 Å². The van der Waals surface area contributed by atoms with Crippen LogP contribution < -0.4 is 0 Å². The molecule has 1 N–H and O–H groups in total. The molecule has 2 rings (SSSR count). The predicted molar refractivity (Wildman–Crippen MR) is 73.9 cm³/mol. The third-order valence-corrected chi connectivity index (χ3v) is 3.41. The molecule has 3 heteroatoms. The van der Waals surface area contributed by atoms with Gasteiger partial charge in [0, 0.05) is 10.9 Å². The van der Waals surface area contributed by atoms with Crippen molar-refractivity contribution in [2.24, 2.45) is 0 Å². The van der Waals surface area contributed by atoms with Crippen LogP contribution in [0.1, 0.15) is 22.8 Å². The second-order valence-electron chi connectivity index (χ2n) is 4.35. The van der Waals surface area contributed by atoms with Crippen LogP contribution in [0.2, 0.25) is 0 Å². The minimum Gasteiger partial charge on any atom is -0.388 e. The molecule has 1 nitrogen and oxygen atoms in total. The van der Waals surface area contributed by atoms with Crippen LogP contribution in [0.15, 0.2) is 46.9 Å². The van der Waals surface area contributed by atoms with E-state index in [9.17, 15) is 9.50 Å². The Bertz CT molecular complexity index is 554. The Morgan fingerprint density at radius 1 is 1.22 bits per heavy atom. The van der Waals surface area contributed by atoms with Crippen LogP contribution in [-0.2, 0) is 6.42 Å². The van der Waals surface area contributed by atoms with Gasteiger partial charge in [0.15, 0.2) is 0 Å². The molecule has 94 valence electrons. The fraction of sp³-hybridized carbons (Fsp3) is 0.200. The molecule has 0 spiro atoms. The molecular weight excluding hydrogens is 295 g/mol. The zero-order valence-electron chi connectivity index (χ0n) is 10.0. The van der Waals surface area contributed by atoms with Crippen LogP contribution in [0.4, 0.5) is 4.39 Å². The normalized spacial score (nSPS) is 12.4. The van der Waals surface area contributed by atoms with Gasteiger partial charge in [-0.3, -0.25) is 0 Å². The lowest BCUT2D eigenvalue weighted by atomic mass is 9.98. The maximum atomic E-state index is 13.2. The third-order valence-electron chi connectivity index (χ3n) is 2.92. The monoisotopic (exact) mass is 308 g/mol. The van der Waals surface area contributed by atoms with Crippen molar-refractivity contribution in [3.8, 4) is 0 Å². The van der Waals surface area contributed by atoms with Crippen molar-refractivity contribution in [2.75, 3.05) is 0 Å². The van der Waals surface area contributed by atoms with Gasteiger partial charge in [-0.2, -0.15) is 0 Å². The maximum Gasteiger partial charge on any atom is 0.123 e. The number of benzene rings is 2. The summed E-state index contributed by atoms with van der Waals surface area (Å²) in [6, 6.07) is 12.3. The summed E-state index contributed by atoms with van der Waals surface area (Å²) in [6.45, 7) is 1.87. The van der Waals surface area contributed by atoms with Crippen molar-refractivity contribution >= 4 is 15.9 Å². The highest BCUT2D eigenvalue weighted by Gasteiger charge is 2.12. The summed E-state index contributed by atoms with van der Waals surface area (Å²) >= 11 is 3.39. The molecule has 0 aliphatic heterocycles. The van der Waals surface area contributed by atoms with E-state index in [1.807, 2.05) is 31.2 Å². The van der Waals surface area contributed by atoms with Crippen LogP contribution in [0.5, 0.6) is 0 Å². The predicted octanol–water partition coefficient (Wildman–Crippen LogP) is 4.17. The second kappa shape index (κ2) is 5.63. The summed E-state index contributed by atoms with van der Waals surface area (Å²) in [5.41, 5.74) is 2.56. The van der Waals surface area contributed by atoms with Gasteiger partial charge in [-0.15, -0.1) is 0 Å². The minimum atomic E-state index is -0.685. The zero-order chi connectivity index (χ0) is 13.1. The van der Waals surface area contributed by atoms with Crippen molar-refractivity contribution in [3.05, 3.63) is 69.4 Å². The molecule has 0 radical (unpaired) electrons. The standard InChI is InChI=1S/C15H14BrFO/c1-10-5-6-13(17)9-14(10)15(18)8-11-3-2-4-12(16)7-11/h2-7,9,15,18H,8H2,1H3. The summed E-state index contributed by atoms with van der Waals surface area (Å²) in [7, 11) is 0. The van der Waals surface area contributed by atoms with Gasteiger partial charge >= 0.3 is 0 Å². The van der Waals surface area contributed by atoms with E-state index in [0.29, 0.717) is 12.0 Å². The lowest BCUT2D eigenvalue weighted by molar-refractivity contribution is 0.177. The molecule has 18 heavy (non-hydrogen) atoms. The number of rotatable bonds is 3. The van der Waals surface area contributed by atoms with Gasteiger partial charge in [-0.25, -0.2) is 4.39 Å². The summed E-state index contributed by atoms with van der Waals surface area (Å²) in [5.74, 6) is -0.316. The number of aliphatic hydroxyl groups is 1. The first-order valence-corrected chi connectivity index (χ1v) is 6.54. The van der Waals surface area contributed by atoms with Crippen molar-refractivity contribution in [2.45, 2.75) is 19.4 Å². The SMILES string of the molecule is Cc1ccc(F)cc1C(O)Cc1cccc(Br)c1. The number of aryl methyl sites for hydroxylation is 1. The van der Waals surface area contributed by atoms with E-state index in [0.717, 1.165) is 15.6 Å². The highest BCUT2D eigenvalue weighted by molar-refractivity contribution is 9.10. The lowest BCUT2D eigenvalue weighted by Gasteiger charge is -2.14. The largest absolute Gasteiger partial charge is 0.388 e. The molecule has 0 heterocycles. The van der Waals surface area contributed by atoms with E-state index in [1.54, 1.807) is 6.07 Å². The lowest BCUT2D eigenvalue weighted by Crippen LogP contribution is -2.04. The topological polar surface area (TPSA) is 20.2 Å². The van der Waals surface area contributed by atoms with E-state index >= 15 is 0 Å². The zero-order valence-corrected chi connectivity index (χ0v) is 11.6. The molecule has 1 atom stereocenters. The Hall–Kier alpha value is -1.19. The van der Waals surface area contributed by atoms with Crippen LogP contribution in [0.25, 0.3) is 0 Å². The average Bonchev–Trinajstić information content (AvgIpc) is 2.32. The van der Waals surface area contributed by atoms with Crippen LogP contribution in [0.3, 0.4) is 0 Å². The number of hydrogen-bond donors (Lipinski definition) is 1. The Labute approximate surface area is 114 Å². The molecule has 0 fully saturated rings. The van der Waals surface area contributed by atoms with E-state index in [2.05, 4.69) is 15.9 Å². The summed E-state index contributed by atoms with van der Waals surface area (Å²) < 4.78 is 14.2. The molecule has 2 aromatic carbocycles. The average molecular weight is 309 g/mol. The van der Waals surface area contributed by atoms with Gasteiger partial charge in [0.05, 0.1) is 6.10 Å². The quantitative estimate of drug-likeness (QED) is 0.902. The molecule has 0 aromatic heterocycles. The Morgan fingerprint density at radius 2 is 2.00 bits per heavy atom. The molecule has 1 unspecified atom stereocenters. The fourth-order valence-electron chi connectivity index (χ4n) is 1.97. The molecule has 0 aliphatic carbocycles. The second-order valence-corrected chi connectivity index (χ2v) is 5.27. The van der Waals surface area contributed by atoms with Crippen molar-refractivity contribution < 1.29 is 9.50 Å². The van der Waals surface area contributed by atoms with Crippen molar-refractivity contribution in [3.63, 3.8) is 0 Å². The fourth-order valence-corrected chi connectivity index (χ4v) is 2.41. The maximum absolute atomic E-state index is 13.2. The smallest absolute Gasteiger partial charge is 0.123 e. The summed E-state index contributed by atoms with van der Waals surface area (Å²) in [4.78, 5) is 0. The first-order chi connectivity index (χ1) is 8.56. The molecular formula is C15H14BrFO. The third kappa shape index (κ3) is 3.18. The molecule has 0 saturated heterocycles. The Morgan fingerprint density at radius 3 is 2.72 bits per heavy atom. The van der Waals surface area contributed by atoms with E-state index < -0.39 is 6.10 Å². The molecule has 0 aliphatic rings. The van der Waals surface area contributed by atoms with Crippen LogP contribution >= 0.6 is 15.9 Å². The van der Waals surface area contributed by atoms with Crippen molar-refractivity contribution in [1.29, 1.82) is 0 Å². The van der Waals surface area contributed by atoms with Gasteiger partial charge in [0.2, 0.25) is 0 Å². The van der Waals surface area contributed by atoms with Gasteiger partial charge in [0.1, 0.15) is 5.82 Å².